The van der Waals surface area contributed by atoms with Crippen molar-refractivity contribution in [1.82, 2.24) is 10.1 Å². The largest absolute Gasteiger partial charge is 0.339 e. The number of hydrogen-bond donors (Lipinski definition) is 1. The molecule has 0 radical (unpaired) electrons. The van der Waals surface area contributed by atoms with Crippen LogP contribution in [0.3, 0.4) is 0 Å². The van der Waals surface area contributed by atoms with Crippen LogP contribution in [-0.4, -0.2) is 16.7 Å². The molecule has 1 unspecified atom stereocenters. The fourth-order valence-electron chi connectivity index (χ4n) is 2.33. The molecule has 0 spiro atoms. The monoisotopic (exact) mass is 307 g/mol. The summed E-state index contributed by atoms with van der Waals surface area (Å²) >= 11 is 6.15. The minimum Gasteiger partial charge on any atom is -0.339 e. The molecular weight excluding hydrogens is 286 g/mol. The summed E-state index contributed by atoms with van der Waals surface area (Å²) in [5.41, 5.74) is 7.01. The van der Waals surface area contributed by atoms with Crippen molar-refractivity contribution in [1.29, 1.82) is 0 Å². The standard InChI is InChI=1S/C16H22ClN3O/c1-16(2,3)9-12(10-18)15-19-14(20-21-15)8-11-6-4-5-7-13(11)17/h4-7,12H,8-10,18H2,1-3H3. The lowest BCUT2D eigenvalue weighted by molar-refractivity contribution is 0.286. The molecule has 5 heteroatoms. The zero-order valence-electron chi connectivity index (χ0n) is 12.8. The van der Waals surface area contributed by atoms with Crippen LogP contribution >= 0.6 is 11.6 Å². The van der Waals surface area contributed by atoms with Gasteiger partial charge in [-0.2, -0.15) is 4.98 Å². The minimum atomic E-state index is 0.0949. The number of benzene rings is 1. The summed E-state index contributed by atoms with van der Waals surface area (Å²) in [4.78, 5) is 4.49. The number of nitrogens with two attached hydrogens (primary N) is 1. The molecule has 1 heterocycles. The third kappa shape index (κ3) is 4.55. The van der Waals surface area contributed by atoms with E-state index in [1.165, 1.54) is 0 Å². The van der Waals surface area contributed by atoms with Gasteiger partial charge in [0, 0.05) is 18.0 Å². The average Bonchev–Trinajstić information content (AvgIpc) is 2.86. The fraction of sp³-hybridized carbons (Fsp3) is 0.500. The third-order valence-corrected chi connectivity index (χ3v) is 3.65. The maximum absolute atomic E-state index is 6.15. The molecule has 1 atom stereocenters. The summed E-state index contributed by atoms with van der Waals surface area (Å²) in [7, 11) is 0. The summed E-state index contributed by atoms with van der Waals surface area (Å²) in [5.74, 6) is 1.36. The van der Waals surface area contributed by atoms with E-state index < -0.39 is 0 Å². The molecular formula is C16H22ClN3O. The fourth-order valence-corrected chi connectivity index (χ4v) is 2.53. The van der Waals surface area contributed by atoms with Gasteiger partial charge in [-0.15, -0.1) is 0 Å². The van der Waals surface area contributed by atoms with E-state index in [4.69, 9.17) is 21.9 Å². The lowest BCUT2D eigenvalue weighted by atomic mass is 9.84. The highest BCUT2D eigenvalue weighted by Gasteiger charge is 2.24. The molecule has 2 rings (SSSR count). The van der Waals surface area contributed by atoms with Gasteiger partial charge in [-0.3, -0.25) is 0 Å². The summed E-state index contributed by atoms with van der Waals surface area (Å²) < 4.78 is 5.39. The molecule has 0 aliphatic carbocycles. The van der Waals surface area contributed by atoms with E-state index in [1.807, 2.05) is 24.3 Å². The van der Waals surface area contributed by atoms with Crippen LogP contribution < -0.4 is 5.73 Å². The maximum atomic E-state index is 6.15. The molecule has 114 valence electrons. The summed E-state index contributed by atoms with van der Waals surface area (Å²) in [6, 6.07) is 7.68. The predicted octanol–water partition coefficient (Wildman–Crippen LogP) is 3.79. The molecule has 0 saturated carbocycles. The van der Waals surface area contributed by atoms with Gasteiger partial charge in [0.25, 0.3) is 0 Å². The second-order valence-corrected chi connectivity index (χ2v) is 6.92. The molecule has 0 amide bonds. The van der Waals surface area contributed by atoms with Crippen molar-refractivity contribution in [3.8, 4) is 0 Å². The minimum absolute atomic E-state index is 0.0949. The van der Waals surface area contributed by atoms with Crippen LogP contribution in [0.2, 0.25) is 5.02 Å². The van der Waals surface area contributed by atoms with Gasteiger partial charge in [0.05, 0.1) is 5.92 Å². The molecule has 0 aliphatic heterocycles. The van der Waals surface area contributed by atoms with Crippen molar-refractivity contribution in [3.05, 3.63) is 46.6 Å². The lowest BCUT2D eigenvalue weighted by Crippen LogP contribution is -2.19. The van der Waals surface area contributed by atoms with E-state index >= 15 is 0 Å². The first-order valence-electron chi connectivity index (χ1n) is 7.15. The van der Waals surface area contributed by atoms with Gasteiger partial charge < -0.3 is 10.3 Å². The summed E-state index contributed by atoms with van der Waals surface area (Å²) in [6.07, 6.45) is 1.48. The first-order chi connectivity index (χ1) is 9.89. The quantitative estimate of drug-likeness (QED) is 0.912. The molecule has 0 bridgehead atoms. The van der Waals surface area contributed by atoms with Crippen molar-refractivity contribution in [2.24, 2.45) is 11.1 Å². The van der Waals surface area contributed by atoms with E-state index in [-0.39, 0.29) is 11.3 Å². The number of hydrogen-bond acceptors (Lipinski definition) is 4. The van der Waals surface area contributed by atoms with Crippen molar-refractivity contribution < 1.29 is 4.52 Å². The molecule has 2 N–H and O–H groups in total. The Kier molecular flexibility index (Phi) is 5.01. The van der Waals surface area contributed by atoms with Gasteiger partial charge in [-0.25, -0.2) is 0 Å². The number of halogens is 1. The van der Waals surface area contributed by atoms with Crippen LogP contribution in [0.25, 0.3) is 0 Å². The highest BCUT2D eigenvalue weighted by atomic mass is 35.5. The zero-order valence-corrected chi connectivity index (χ0v) is 13.5. The number of aromatic nitrogens is 2. The van der Waals surface area contributed by atoms with Gasteiger partial charge in [-0.1, -0.05) is 55.7 Å². The zero-order chi connectivity index (χ0) is 15.5. The predicted molar refractivity (Wildman–Crippen MR) is 84.4 cm³/mol. The van der Waals surface area contributed by atoms with Crippen LogP contribution in [0, 0.1) is 5.41 Å². The van der Waals surface area contributed by atoms with Crippen molar-refractivity contribution in [3.63, 3.8) is 0 Å². The number of nitrogens with zero attached hydrogens (tertiary/aromatic N) is 2. The normalized spacial score (nSPS) is 13.4. The Morgan fingerprint density at radius 1 is 1.29 bits per heavy atom. The van der Waals surface area contributed by atoms with E-state index in [9.17, 15) is 0 Å². The Bertz CT molecular complexity index is 589. The Morgan fingerprint density at radius 2 is 2.00 bits per heavy atom. The molecule has 0 fully saturated rings. The molecule has 2 aromatic rings. The van der Waals surface area contributed by atoms with Gasteiger partial charge in [0.1, 0.15) is 0 Å². The van der Waals surface area contributed by atoms with E-state index in [1.54, 1.807) is 0 Å². The SMILES string of the molecule is CC(C)(C)CC(CN)c1nc(Cc2ccccc2Cl)no1. The van der Waals surface area contributed by atoms with Crippen LogP contribution in [0.1, 0.15) is 50.4 Å². The lowest BCUT2D eigenvalue weighted by Gasteiger charge is -2.22. The highest BCUT2D eigenvalue weighted by molar-refractivity contribution is 6.31. The molecule has 1 aromatic carbocycles. The van der Waals surface area contributed by atoms with E-state index in [0.717, 1.165) is 12.0 Å². The third-order valence-electron chi connectivity index (χ3n) is 3.28. The molecule has 21 heavy (non-hydrogen) atoms. The van der Waals surface area contributed by atoms with Crippen molar-refractivity contribution >= 4 is 11.6 Å². The number of rotatable bonds is 5. The molecule has 0 saturated heterocycles. The second kappa shape index (κ2) is 6.58. The topological polar surface area (TPSA) is 64.9 Å². The molecule has 4 nitrogen and oxygen atoms in total. The molecule has 1 aromatic heterocycles. The first kappa shape index (κ1) is 16.0. The van der Waals surface area contributed by atoms with E-state index in [2.05, 4.69) is 30.9 Å². The average molecular weight is 308 g/mol. The second-order valence-electron chi connectivity index (χ2n) is 6.51. The summed E-state index contributed by atoms with van der Waals surface area (Å²) in [6.45, 7) is 7.04. The highest BCUT2D eigenvalue weighted by Crippen LogP contribution is 2.30. The Morgan fingerprint density at radius 3 is 2.62 bits per heavy atom. The smallest absolute Gasteiger partial charge is 0.231 e. The van der Waals surface area contributed by atoms with Crippen LogP contribution in [0.15, 0.2) is 28.8 Å². The Balaban J connectivity index is 2.12. The molecule has 0 aliphatic rings. The van der Waals surface area contributed by atoms with Crippen LogP contribution in [-0.2, 0) is 6.42 Å². The van der Waals surface area contributed by atoms with Crippen molar-refractivity contribution in [2.75, 3.05) is 6.54 Å². The van der Waals surface area contributed by atoms with Gasteiger partial charge in [0.15, 0.2) is 5.82 Å². The van der Waals surface area contributed by atoms with Gasteiger partial charge >= 0.3 is 0 Å². The van der Waals surface area contributed by atoms with Gasteiger partial charge in [0.2, 0.25) is 5.89 Å². The Hall–Kier alpha value is -1.39. The van der Waals surface area contributed by atoms with E-state index in [0.29, 0.717) is 29.7 Å². The maximum Gasteiger partial charge on any atom is 0.231 e. The van der Waals surface area contributed by atoms with Crippen LogP contribution in [0.4, 0.5) is 0 Å². The van der Waals surface area contributed by atoms with Crippen LogP contribution in [0.5, 0.6) is 0 Å². The van der Waals surface area contributed by atoms with Crippen molar-refractivity contribution in [2.45, 2.75) is 39.5 Å². The Labute approximate surface area is 130 Å². The summed E-state index contributed by atoms with van der Waals surface area (Å²) in [5, 5.41) is 4.77. The van der Waals surface area contributed by atoms with Gasteiger partial charge in [-0.05, 0) is 23.5 Å². The first-order valence-corrected chi connectivity index (χ1v) is 7.53.